The van der Waals surface area contributed by atoms with Crippen LogP contribution in [0, 0.1) is 5.82 Å². The molecule has 0 bridgehead atoms. The highest BCUT2D eigenvalue weighted by atomic mass is 35.5. The molecule has 1 unspecified atom stereocenters. The van der Waals surface area contributed by atoms with Crippen molar-refractivity contribution in [1.82, 2.24) is 9.54 Å². The number of hydrazine groups is 1. The molecule has 0 aliphatic carbocycles. The molecule has 16 heavy (non-hydrogen) atoms. The minimum absolute atomic E-state index is 0.149. The second-order valence-corrected chi connectivity index (χ2v) is 4.11. The van der Waals surface area contributed by atoms with Gasteiger partial charge in [0.25, 0.3) is 0 Å². The van der Waals surface area contributed by atoms with Crippen molar-refractivity contribution < 1.29 is 4.39 Å². The number of benzene rings is 1. The largest absolute Gasteiger partial charge is 0.384 e. The molecule has 0 spiro atoms. The Morgan fingerprint density at radius 2 is 2.00 bits per heavy atom. The maximum atomic E-state index is 13.7. The Bertz CT molecular complexity index is 447. The number of nitrogens with two attached hydrogens (primary N) is 1. The van der Waals surface area contributed by atoms with Crippen molar-refractivity contribution in [2.75, 3.05) is 7.05 Å². The lowest BCUT2D eigenvalue weighted by atomic mass is 10.0. The van der Waals surface area contributed by atoms with Crippen molar-refractivity contribution in [3.63, 3.8) is 0 Å². The lowest BCUT2D eigenvalue weighted by molar-refractivity contribution is 0.148. The fraction of sp³-hybridized carbons (Fsp3) is 0.273. The normalized spacial score (nSPS) is 22.0. The SMILES string of the molecule is CC1C(c2ccccc2F)=C(N)N(C)N1Cl. The highest BCUT2D eigenvalue weighted by Gasteiger charge is 2.33. The molecule has 1 aliphatic rings. The van der Waals surface area contributed by atoms with Crippen molar-refractivity contribution >= 4 is 17.3 Å². The van der Waals surface area contributed by atoms with Crippen LogP contribution in [0.25, 0.3) is 5.57 Å². The second-order valence-electron chi connectivity index (χ2n) is 3.77. The van der Waals surface area contributed by atoms with Gasteiger partial charge in [-0.3, -0.25) is 5.01 Å². The van der Waals surface area contributed by atoms with Gasteiger partial charge in [-0.15, -0.1) is 4.53 Å². The summed E-state index contributed by atoms with van der Waals surface area (Å²) in [6.45, 7) is 1.88. The standard InChI is InChI=1S/C11H13ClFN3/c1-7-10(11(14)15(2)16(7)12)8-5-3-4-6-9(8)13/h3-7H,14H2,1-2H3. The molecular weight excluding hydrogens is 229 g/mol. The molecule has 1 aromatic carbocycles. The third-order valence-electron chi connectivity index (χ3n) is 2.81. The summed E-state index contributed by atoms with van der Waals surface area (Å²) in [6.07, 6.45) is 0. The van der Waals surface area contributed by atoms with Crippen molar-refractivity contribution in [2.45, 2.75) is 13.0 Å². The van der Waals surface area contributed by atoms with E-state index in [4.69, 9.17) is 17.5 Å². The molecule has 0 aromatic heterocycles. The van der Waals surface area contributed by atoms with Crippen molar-refractivity contribution in [2.24, 2.45) is 5.73 Å². The Balaban J connectivity index is 2.53. The molecule has 5 heteroatoms. The van der Waals surface area contributed by atoms with E-state index in [-0.39, 0.29) is 11.9 Å². The summed E-state index contributed by atoms with van der Waals surface area (Å²) in [6, 6.07) is 6.40. The summed E-state index contributed by atoms with van der Waals surface area (Å²) in [7, 11) is 1.74. The monoisotopic (exact) mass is 241 g/mol. The Morgan fingerprint density at radius 1 is 1.38 bits per heavy atom. The molecule has 2 N–H and O–H groups in total. The molecule has 1 aromatic rings. The van der Waals surface area contributed by atoms with Crippen molar-refractivity contribution in [3.05, 3.63) is 41.5 Å². The van der Waals surface area contributed by atoms with Gasteiger partial charge in [0, 0.05) is 30.0 Å². The van der Waals surface area contributed by atoms with Gasteiger partial charge in [0.2, 0.25) is 0 Å². The molecule has 1 aliphatic heterocycles. The molecule has 1 atom stereocenters. The topological polar surface area (TPSA) is 32.5 Å². The van der Waals surface area contributed by atoms with E-state index in [9.17, 15) is 4.39 Å². The predicted molar refractivity (Wildman–Crippen MR) is 62.4 cm³/mol. The van der Waals surface area contributed by atoms with Crippen molar-refractivity contribution in [1.29, 1.82) is 0 Å². The van der Waals surface area contributed by atoms with Crippen LogP contribution >= 0.6 is 11.8 Å². The molecule has 2 rings (SSSR count). The lowest BCUT2D eigenvalue weighted by Crippen LogP contribution is -2.32. The van der Waals surface area contributed by atoms with Gasteiger partial charge in [0.15, 0.2) is 0 Å². The van der Waals surface area contributed by atoms with Crippen LogP contribution in [0.4, 0.5) is 4.39 Å². The zero-order chi connectivity index (χ0) is 11.9. The highest BCUT2D eigenvalue weighted by molar-refractivity contribution is 6.14. The van der Waals surface area contributed by atoms with Crippen LogP contribution < -0.4 is 5.73 Å². The smallest absolute Gasteiger partial charge is 0.130 e. The molecule has 86 valence electrons. The van der Waals surface area contributed by atoms with E-state index >= 15 is 0 Å². The fourth-order valence-electron chi connectivity index (χ4n) is 1.90. The molecule has 0 saturated heterocycles. The number of rotatable bonds is 1. The van der Waals surface area contributed by atoms with E-state index in [0.717, 1.165) is 5.57 Å². The van der Waals surface area contributed by atoms with Gasteiger partial charge in [-0.2, -0.15) is 0 Å². The molecule has 0 saturated carbocycles. The minimum Gasteiger partial charge on any atom is -0.384 e. The summed E-state index contributed by atoms with van der Waals surface area (Å²) in [5.41, 5.74) is 7.14. The van der Waals surface area contributed by atoms with Gasteiger partial charge < -0.3 is 5.73 Å². The van der Waals surface area contributed by atoms with E-state index in [0.29, 0.717) is 11.4 Å². The molecule has 0 radical (unpaired) electrons. The first-order valence-electron chi connectivity index (χ1n) is 4.97. The summed E-state index contributed by atoms with van der Waals surface area (Å²) in [5, 5.41) is 1.61. The fourth-order valence-corrected chi connectivity index (χ4v) is 2.08. The molecular formula is C11H13ClFN3. The zero-order valence-electron chi connectivity index (χ0n) is 9.11. The molecule has 1 heterocycles. The molecule has 3 nitrogen and oxygen atoms in total. The summed E-state index contributed by atoms with van der Waals surface area (Å²) < 4.78 is 15.1. The number of hydrogen-bond acceptors (Lipinski definition) is 3. The van der Waals surface area contributed by atoms with E-state index in [1.807, 2.05) is 6.92 Å². The van der Waals surface area contributed by atoms with Crippen LogP contribution in [0.2, 0.25) is 0 Å². The highest BCUT2D eigenvalue weighted by Crippen LogP contribution is 2.34. The van der Waals surface area contributed by atoms with Gasteiger partial charge >= 0.3 is 0 Å². The average molecular weight is 242 g/mol. The van der Waals surface area contributed by atoms with E-state index in [1.165, 1.54) is 10.6 Å². The van der Waals surface area contributed by atoms with Gasteiger partial charge in [-0.25, -0.2) is 4.39 Å². The van der Waals surface area contributed by atoms with Gasteiger partial charge in [-0.1, -0.05) is 18.2 Å². The van der Waals surface area contributed by atoms with Crippen LogP contribution in [-0.2, 0) is 0 Å². The second kappa shape index (κ2) is 3.96. The first-order valence-corrected chi connectivity index (χ1v) is 5.31. The Morgan fingerprint density at radius 3 is 2.50 bits per heavy atom. The minimum atomic E-state index is -0.285. The lowest BCUT2D eigenvalue weighted by Gasteiger charge is -2.22. The summed E-state index contributed by atoms with van der Waals surface area (Å²) in [5.74, 6) is 0.195. The quantitative estimate of drug-likeness (QED) is 0.765. The van der Waals surface area contributed by atoms with Crippen LogP contribution in [0.1, 0.15) is 12.5 Å². The third kappa shape index (κ3) is 1.54. The number of halogens is 2. The average Bonchev–Trinajstić information content (AvgIpc) is 2.45. The number of hydrogen-bond donors (Lipinski definition) is 1. The van der Waals surface area contributed by atoms with E-state index in [2.05, 4.69) is 0 Å². The zero-order valence-corrected chi connectivity index (χ0v) is 9.87. The first-order chi connectivity index (χ1) is 7.54. The third-order valence-corrected chi connectivity index (χ3v) is 3.33. The van der Waals surface area contributed by atoms with Crippen LogP contribution in [0.3, 0.4) is 0 Å². The Kier molecular flexibility index (Phi) is 2.78. The maximum absolute atomic E-state index is 13.7. The van der Waals surface area contributed by atoms with Crippen LogP contribution in [-0.4, -0.2) is 22.6 Å². The number of nitrogens with zero attached hydrogens (tertiary/aromatic N) is 2. The maximum Gasteiger partial charge on any atom is 0.130 e. The summed E-state index contributed by atoms with van der Waals surface area (Å²) >= 11 is 6.02. The Hall–Kier alpha value is -1.26. The Labute approximate surface area is 99.0 Å². The predicted octanol–water partition coefficient (Wildman–Crippen LogP) is 2.16. The molecule has 0 amide bonds. The summed E-state index contributed by atoms with van der Waals surface area (Å²) in [4.78, 5) is 0. The van der Waals surface area contributed by atoms with Crippen LogP contribution in [0.15, 0.2) is 30.1 Å². The van der Waals surface area contributed by atoms with Gasteiger partial charge in [-0.05, 0) is 13.0 Å². The van der Waals surface area contributed by atoms with E-state index in [1.54, 1.807) is 30.3 Å². The van der Waals surface area contributed by atoms with Crippen molar-refractivity contribution in [3.8, 4) is 0 Å². The van der Waals surface area contributed by atoms with Gasteiger partial charge in [0.1, 0.15) is 11.6 Å². The molecule has 0 fully saturated rings. The first kappa shape index (κ1) is 11.2. The van der Waals surface area contributed by atoms with E-state index < -0.39 is 0 Å². The van der Waals surface area contributed by atoms with Crippen LogP contribution in [0.5, 0.6) is 0 Å². The van der Waals surface area contributed by atoms with Gasteiger partial charge in [0.05, 0.1) is 6.04 Å².